The van der Waals surface area contributed by atoms with Crippen LogP contribution < -0.4 is 10.6 Å². The first-order valence-corrected chi connectivity index (χ1v) is 5.81. The summed E-state index contributed by atoms with van der Waals surface area (Å²) < 4.78 is 0. The molecule has 0 fully saturated rings. The minimum Gasteiger partial charge on any atom is -0.337 e. The van der Waals surface area contributed by atoms with Gasteiger partial charge >= 0.3 is 6.03 Å². The van der Waals surface area contributed by atoms with Crippen molar-refractivity contribution in [1.29, 1.82) is 0 Å². The number of carbonyl (C=O) groups is 1. The molecule has 0 radical (unpaired) electrons. The monoisotopic (exact) mass is 235 g/mol. The average molecular weight is 235 g/mol. The summed E-state index contributed by atoms with van der Waals surface area (Å²) in [6.45, 7) is 4.32. The van der Waals surface area contributed by atoms with E-state index in [0.717, 1.165) is 13.1 Å². The van der Waals surface area contributed by atoms with Crippen molar-refractivity contribution in [1.82, 2.24) is 15.5 Å². The molecule has 1 rings (SSSR count). The molecule has 0 aromatic heterocycles. The van der Waals surface area contributed by atoms with Gasteiger partial charge in [-0.3, -0.25) is 0 Å². The molecule has 17 heavy (non-hydrogen) atoms. The Hall–Kier alpha value is -1.55. The van der Waals surface area contributed by atoms with Crippen LogP contribution in [0.15, 0.2) is 24.3 Å². The van der Waals surface area contributed by atoms with Crippen LogP contribution in [0.5, 0.6) is 0 Å². The van der Waals surface area contributed by atoms with Crippen LogP contribution in [-0.2, 0) is 6.54 Å². The molecule has 2 N–H and O–H groups in total. The van der Waals surface area contributed by atoms with E-state index in [1.165, 1.54) is 16.0 Å². The largest absolute Gasteiger partial charge is 0.337 e. The third-order valence-corrected chi connectivity index (χ3v) is 2.43. The number of hydrogen-bond acceptors (Lipinski definition) is 2. The van der Waals surface area contributed by atoms with E-state index in [0.29, 0.717) is 6.54 Å². The Morgan fingerprint density at radius 1 is 1.18 bits per heavy atom. The first-order valence-electron chi connectivity index (χ1n) is 5.81. The van der Waals surface area contributed by atoms with E-state index in [2.05, 4.69) is 41.8 Å². The molecule has 0 aliphatic heterocycles. The fourth-order valence-corrected chi connectivity index (χ4v) is 1.35. The van der Waals surface area contributed by atoms with Crippen LogP contribution in [0.25, 0.3) is 0 Å². The van der Waals surface area contributed by atoms with E-state index in [-0.39, 0.29) is 6.03 Å². The van der Waals surface area contributed by atoms with Crippen molar-refractivity contribution in [3.8, 4) is 0 Å². The molecule has 0 saturated heterocycles. The van der Waals surface area contributed by atoms with E-state index in [9.17, 15) is 4.79 Å². The summed E-state index contributed by atoms with van der Waals surface area (Å²) in [6.07, 6.45) is 0. The fourth-order valence-electron chi connectivity index (χ4n) is 1.35. The summed E-state index contributed by atoms with van der Waals surface area (Å²) in [4.78, 5) is 12.7. The van der Waals surface area contributed by atoms with E-state index in [1.54, 1.807) is 14.1 Å². The third kappa shape index (κ3) is 5.36. The van der Waals surface area contributed by atoms with Gasteiger partial charge in [-0.1, -0.05) is 29.8 Å². The van der Waals surface area contributed by atoms with Gasteiger partial charge in [0.2, 0.25) is 0 Å². The molecule has 0 heterocycles. The predicted molar refractivity (Wildman–Crippen MR) is 70.0 cm³/mol. The summed E-state index contributed by atoms with van der Waals surface area (Å²) in [6, 6.07) is 8.37. The van der Waals surface area contributed by atoms with Crippen LogP contribution in [0, 0.1) is 6.92 Å². The maximum atomic E-state index is 11.2. The molecule has 0 aliphatic carbocycles. The highest BCUT2D eigenvalue weighted by Gasteiger charge is 2.00. The maximum absolute atomic E-state index is 11.2. The summed E-state index contributed by atoms with van der Waals surface area (Å²) in [5, 5.41) is 6.08. The number of nitrogens with one attached hydrogen (secondary N) is 2. The molecule has 2 amide bonds. The number of benzene rings is 1. The van der Waals surface area contributed by atoms with Crippen molar-refractivity contribution in [2.75, 3.05) is 27.2 Å². The van der Waals surface area contributed by atoms with Crippen LogP contribution in [0.2, 0.25) is 0 Å². The van der Waals surface area contributed by atoms with Crippen molar-refractivity contribution < 1.29 is 4.79 Å². The zero-order chi connectivity index (χ0) is 12.7. The third-order valence-electron chi connectivity index (χ3n) is 2.43. The normalized spacial score (nSPS) is 10.1. The quantitative estimate of drug-likeness (QED) is 0.757. The summed E-state index contributed by atoms with van der Waals surface area (Å²) in [5.74, 6) is 0. The lowest BCUT2D eigenvalue weighted by atomic mass is 10.1. The molecular weight excluding hydrogens is 214 g/mol. The highest BCUT2D eigenvalue weighted by Crippen LogP contribution is 2.01. The van der Waals surface area contributed by atoms with Gasteiger partial charge < -0.3 is 15.5 Å². The Labute approximate surface area is 103 Å². The Bertz CT molecular complexity index is 346. The highest BCUT2D eigenvalue weighted by atomic mass is 16.2. The number of aryl methyl sites for hydroxylation is 1. The molecule has 1 aromatic carbocycles. The van der Waals surface area contributed by atoms with Gasteiger partial charge in [0.15, 0.2) is 0 Å². The van der Waals surface area contributed by atoms with Crippen molar-refractivity contribution in [2.24, 2.45) is 0 Å². The molecule has 94 valence electrons. The van der Waals surface area contributed by atoms with Crippen LogP contribution in [-0.4, -0.2) is 38.1 Å². The molecule has 0 unspecified atom stereocenters. The standard InChI is InChI=1S/C13H21N3O/c1-11-4-6-12(7-5-11)10-14-8-9-15-13(17)16(2)3/h4-7,14H,8-10H2,1-3H3,(H,15,17). The van der Waals surface area contributed by atoms with E-state index in [1.807, 2.05) is 0 Å². The van der Waals surface area contributed by atoms with E-state index < -0.39 is 0 Å². The molecular formula is C13H21N3O. The van der Waals surface area contributed by atoms with E-state index in [4.69, 9.17) is 0 Å². The number of urea groups is 1. The van der Waals surface area contributed by atoms with Gasteiger partial charge in [0.25, 0.3) is 0 Å². The minimum atomic E-state index is -0.0536. The number of rotatable bonds is 5. The first kappa shape index (κ1) is 13.5. The smallest absolute Gasteiger partial charge is 0.316 e. The fraction of sp³-hybridized carbons (Fsp3) is 0.462. The SMILES string of the molecule is Cc1ccc(CNCCNC(=O)N(C)C)cc1. The number of carbonyl (C=O) groups excluding carboxylic acids is 1. The molecule has 0 atom stereocenters. The average Bonchev–Trinajstić information content (AvgIpc) is 2.30. The van der Waals surface area contributed by atoms with Gasteiger partial charge in [0, 0.05) is 33.7 Å². The summed E-state index contributed by atoms with van der Waals surface area (Å²) >= 11 is 0. The van der Waals surface area contributed by atoms with Gasteiger partial charge in [0.05, 0.1) is 0 Å². The number of hydrogen-bond donors (Lipinski definition) is 2. The predicted octanol–water partition coefficient (Wildman–Crippen LogP) is 1.36. The van der Waals surface area contributed by atoms with Gasteiger partial charge in [-0.2, -0.15) is 0 Å². The Morgan fingerprint density at radius 3 is 2.41 bits per heavy atom. The van der Waals surface area contributed by atoms with Crippen LogP contribution >= 0.6 is 0 Å². The minimum absolute atomic E-state index is 0.0536. The molecule has 4 nitrogen and oxygen atoms in total. The summed E-state index contributed by atoms with van der Waals surface area (Å²) in [5.41, 5.74) is 2.53. The topological polar surface area (TPSA) is 44.4 Å². The second-order valence-corrected chi connectivity index (χ2v) is 4.29. The number of nitrogens with zero attached hydrogens (tertiary/aromatic N) is 1. The second-order valence-electron chi connectivity index (χ2n) is 4.29. The zero-order valence-corrected chi connectivity index (χ0v) is 10.8. The Kier molecular flexibility index (Phi) is 5.49. The lowest BCUT2D eigenvalue weighted by Crippen LogP contribution is -2.38. The van der Waals surface area contributed by atoms with Crippen molar-refractivity contribution >= 4 is 6.03 Å². The molecule has 4 heteroatoms. The van der Waals surface area contributed by atoms with Crippen molar-refractivity contribution in [3.05, 3.63) is 35.4 Å². The molecule has 1 aromatic rings. The summed E-state index contributed by atoms with van der Waals surface area (Å²) in [7, 11) is 3.46. The first-order chi connectivity index (χ1) is 8.09. The second kappa shape index (κ2) is 6.91. The van der Waals surface area contributed by atoms with Crippen molar-refractivity contribution in [3.63, 3.8) is 0 Å². The Balaban J connectivity index is 2.12. The van der Waals surface area contributed by atoms with E-state index >= 15 is 0 Å². The van der Waals surface area contributed by atoms with Gasteiger partial charge in [-0.05, 0) is 12.5 Å². The lowest BCUT2D eigenvalue weighted by Gasteiger charge is -2.12. The van der Waals surface area contributed by atoms with Crippen LogP contribution in [0.3, 0.4) is 0 Å². The van der Waals surface area contributed by atoms with Crippen LogP contribution in [0.4, 0.5) is 4.79 Å². The van der Waals surface area contributed by atoms with Crippen molar-refractivity contribution in [2.45, 2.75) is 13.5 Å². The van der Waals surface area contributed by atoms with Crippen LogP contribution in [0.1, 0.15) is 11.1 Å². The van der Waals surface area contributed by atoms with Gasteiger partial charge in [-0.15, -0.1) is 0 Å². The molecule has 0 saturated carbocycles. The molecule has 0 aliphatic rings. The zero-order valence-electron chi connectivity index (χ0n) is 10.8. The van der Waals surface area contributed by atoms with Gasteiger partial charge in [0.1, 0.15) is 0 Å². The maximum Gasteiger partial charge on any atom is 0.316 e. The Morgan fingerprint density at radius 2 is 1.82 bits per heavy atom. The highest BCUT2D eigenvalue weighted by molar-refractivity contribution is 5.73. The molecule has 0 spiro atoms. The lowest BCUT2D eigenvalue weighted by molar-refractivity contribution is 0.217. The number of amides is 2. The molecule has 0 bridgehead atoms. The van der Waals surface area contributed by atoms with Gasteiger partial charge in [-0.25, -0.2) is 4.79 Å².